The smallest absolute Gasteiger partial charge is 0.293 e. The van der Waals surface area contributed by atoms with Gasteiger partial charge in [-0.2, -0.15) is 8.78 Å². The highest BCUT2D eigenvalue weighted by Crippen LogP contribution is 2.43. The molecule has 2 N–H and O–H groups in total. The van der Waals surface area contributed by atoms with E-state index in [4.69, 9.17) is 15.2 Å². The highest BCUT2D eigenvalue weighted by atomic mass is 19.3. The van der Waals surface area contributed by atoms with Crippen LogP contribution in [0, 0.1) is 0 Å². The number of rotatable bonds is 4. The van der Waals surface area contributed by atoms with Gasteiger partial charge in [0, 0.05) is 0 Å². The molecule has 5 heteroatoms. The lowest BCUT2D eigenvalue weighted by Crippen LogP contribution is -2.48. The molecule has 3 nitrogen and oxygen atoms in total. The van der Waals surface area contributed by atoms with E-state index >= 15 is 0 Å². The largest absolute Gasteiger partial charge is 0.497 e. The van der Waals surface area contributed by atoms with Crippen molar-refractivity contribution in [3.63, 3.8) is 0 Å². The van der Waals surface area contributed by atoms with Crippen molar-refractivity contribution in [2.45, 2.75) is 25.3 Å². The second-order valence-electron chi connectivity index (χ2n) is 4.36. The molecule has 1 aromatic rings. The molecule has 0 heterocycles. The summed E-state index contributed by atoms with van der Waals surface area (Å²) in [5, 5.41) is 0. The van der Waals surface area contributed by atoms with Crippen molar-refractivity contribution in [2.75, 3.05) is 14.2 Å². The van der Waals surface area contributed by atoms with Crippen molar-refractivity contribution in [3.05, 3.63) is 23.8 Å². The van der Waals surface area contributed by atoms with Gasteiger partial charge in [-0.15, -0.1) is 0 Å². The van der Waals surface area contributed by atoms with Gasteiger partial charge in [0.15, 0.2) is 0 Å². The lowest BCUT2D eigenvalue weighted by molar-refractivity contribution is -0.0689. The van der Waals surface area contributed by atoms with Gasteiger partial charge in [0.05, 0.1) is 25.3 Å². The Hall–Kier alpha value is -1.36. The molecular weight excluding hydrogens is 228 g/mol. The Morgan fingerprint density at radius 3 is 2.12 bits per heavy atom. The Bertz CT molecular complexity index is 400. The summed E-state index contributed by atoms with van der Waals surface area (Å²) >= 11 is 0. The first-order valence-electron chi connectivity index (χ1n) is 5.13. The summed E-state index contributed by atoms with van der Waals surface area (Å²) in [4.78, 5) is 0. The van der Waals surface area contributed by atoms with Gasteiger partial charge in [0.25, 0.3) is 5.92 Å². The van der Waals surface area contributed by atoms with Crippen LogP contribution in [0.3, 0.4) is 0 Å². The van der Waals surface area contributed by atoms with Crippen LogP contribution < -0.4 is 15.2 Å². The van der Waals surface area contributed by atoms with E-state index in [-0.39, 0.29) is 11.3 Å². The first-order valence-corrected chi connectivity index (χ1v) is 5.13. The quantitative estimate of drug-likeness (QED) is 0.886. The predicted octanol–water partition coefficient (Wildman–Crippen LogP) is 2.53. The summed E-state index contributed by atoms with van der Waals surface area (Å²) < 4.78 is 38.2. The summed E-state index contributed by atoms with van der Waals surface area (Å²) in [5.41, 5.74) is 3.55. The van der Waals surface area contributed by atoms with Crippen molar-refractivity contribution < 1.29 is 18.3 Å². The van der Waals surface area contributed by atoms with Gasteiger partial charge in [-0.25, -0.2) is 0 Å². The van der Waals surface area contributed by atoms with Gasteiger partial charge in [-0.1, -0.05) is 0 Å². The van der Waals surface area contributed by atoms with Gasteiger partial charge in [0.2, 0.25) is 0 Å². The van der Waals surface area contributed by atoms with E-state index in [0.29, 0.717) is 5.75 Å². The van der Waals surface area contributed by atoms with Gasteiger partial charge in [0.1, 0.15) is 11.5 Å². The van der Waals surface area contributed by atoms with Gasteiger partial charge in [-0.05, 0) is 32.0 Å². The van der Waals surface area contributed by atoms with Crippen LogP contribution in [-0.2, 0) is 5.92 Å². The standard InChI is InChI=1S/C12H17F2NO2/c1-11(2,15)12(13,14)9-7-8(16-3)5-6-10(9)17-4/h5-7H,15H2,1-4H3. The molecule has 0 aliphatic rings. The number of ether oxygens (including phenoxy) is 2. The maximum absolute atomic E-state index is 14.2. The van der Waals surface area contributed by atoms with E-state index in [9.17, 15) is 8.78 Å². The Balaban J connectivity index is 3.37. The number of hydrogen-bond acceptors (Lipinski definition) is 3. The summed E-state index contributed by atoms with van der Waals surface area (Å²) in [6.07, 6.45) is 0. The molecule has 0 aromatic heterocycles. The third-order valence-corrected chi connectivity index (χ3v) is 2.55. The molecule has 96 valence electrons. The minimum Gasteiger partial charge on any atom is -0.497 e. The highest BCUT2D eigenvalue weighted by Gasteiger charge is 2.47. The van der Waals surface area contributed by atoms with Crippen LogP contribution in [0.15, 0.2) is 18.2 Å². The van der Waals surface area contributed by atoms with E-state index in [1.165, 1.54) is 40.2 Å². The van der Waals surface area contributed by atoms with Crippen molar-refractivity contribution >= 4 is 0 Å². The molecule has 1 rings (SSSR count). The lowest BCUT2D eigenvalue weighted by atomic mass is 9.90. The van der Waals surface area contributed by atoms with Gasteiger partial charge in [-0.3, -0.25) is 0 Å². The van der Waals surface area contributed by atoms with E-state index < -0.39 is 11.5 Å². The molecule has 0 aliphatic heterocycles. The zero-order valence-electron chi connectivity index (χ0n) is 10.4. The first kappa shape index (κ1) is 13.7. The van der Waals surface area contributed by atoms with E-state index in [0.717, 1.165) is 0 Å². The number of nitrogens with two attached hydrogens (primary N) is 1. The molecular formula is C12H17F2NO2. The highest BCUT2D eigenvalue weighted by molar-refractivity contribution is 5.44. The van der Waals surface area contributed by atoms with Gasteiger partial charge >= 0.3 is 0 Å². The minimum absolute atomic E-state index is 0.0920. The van der Waals surface area contributed by atoms with Crippen LogP contribution in [0.1, 0.15) is 19.4 Å². The first-order chi connectivity index (χ1) is 7.74. The predicted molar refractivity (Wildman–Crippen MR) is 61.7 cm³/mol. The summed E-state index contributed by atoms with van der Waals surface area (Å²) in [7, 11) is 2.75. The molecule has 0 amide bonds. The zero-order valence-corrected chi connectivity index (χ0v) is 10.4. The molecule has 0 saturated carbocycles. The fraction of sp³-hybridized carbons (Fsp3) is 0.500. The summed E-state index contributed by atoms with van der Waals surface area (Å²) in [6, 6.07) is 4.24. The average Bonchev–Trinajstić information content (AvgIpc) is 2.26. The molecule has 0 saturated heterocycles. The number of halogens is 2. The monoisotopic (exact) mass is 245 g/mol. The fourth-order valence-corrected chi connectivity index (χ4v) is 1.41. The van der Waals surface area contributed by atoms with Crippen molar-refractivity contribution in [2.24, 2.45) is 5.73 Å². The molecule has 0 spiro atoms. The van der Waals surface area contributed by atoms with Crippen LogP contribution in [0.2, 0.25) is 0 Å². The van der Waals surface area contributed by atoms with Crippen molar-refractivity contribution in [3.8, 4) is 11.5 Å². The molecule has 1 aromatic carbocycles. The van der Waals surface area contributed by atoms with E-state index in [1.807, 2.05) is 0 Å². The molecule has 0 atom stereocenters. The molecule has 0 bridgehead atoms. The van der Waals surface area contributed by atoms with Crippen LogP contribution in [0.25, 0.3) is 0 Å². The summed E-state index contributed by atoms with van der Waals surface area (Å²) in [6.45, 7) is 2.54. The normalized spacial score (nSPS) is 12.4. The molecule has 0 unspecified atom stereocenters. The van der Waals surface area contributed by atoms with Crippen molar-refractivity contribution in [1.29, 1.82) is 0 Å². The fourth-order valence-electron chi connectivity index (χ4n) is 1.41. The number of benzene rings is 1. The maximum atomic E-state index is 14.2. The maximum Gasteiger partial charge on any atom is 0.293 e. The SMILES string of the molecule is COc1ccc(OC)c(C(F)(F)C(C)(C)N)c1. The van der Waals surface area contributed by atoms with Crippen LogP contribution in [-0.4, -0.2) is 19.8 Å². The van der Waals surface area contributed by atoms with Gasteiger partial charge < -0.3 is 15.2 Å². The number of methoxy groups -OCH3 is 2. The molecule has 0 fully saturated rings. The number of alkyl halides is 2. The number of hydrogen-bond donors (Lipinski definition) is 1. The third kappa shape index (κ3) is 2.49. The second kappa shape index (κ2) is 4.49. The molecule has 0 radical (unpaired) electrons. The third-order valence-electron chi connectivity index (χ3n) is 2.55. The molecule has 0 aliphatic carbocycles. The summed E-state index contributed by atoms with van der Waals surface area (Å²) in [5.74, 6) is -2.79. The Morgan fingerprint density at radius 1 is 1.12 bits per heavy atom. The van der Waals surface area contributed by atoms with Crippen LogP contribution >= 0.6 is 0 Å². The minimum atomic E-state index is -3.22. The average molecular weight is 245 g/mol. The Kier molecular flexibility index (Phi) is 3.62. The molecule has 17 heavy (non-hydrogen) atoms. The van der Waals surface area contributed by atoms with Crippen LogP contribution in [0.4, 0.5) is 8.78 Å². The van der Waals surface area contributed by atoms with Crippen molar-refractivity contribution in [1.82, 2.24) is 0 Å². The van der Waals surface area contributed by atoms with E-state index in [2.05, 4.69) is 0 Å². The van der Waals surface area contributed by atoms with E-state index in [1.54, 1.807) is 6.07 Å². The zero-order chi connectivity index (χ0) is 13.3. The Labute approximate surface area is 99.5 Å². The lowest BCUT2D eigenvalue weighted by Gasteiger charge is -2.31. The Morgan fingerprint density at radius 2 is 1.71 bits per heavy atom. The second-order valence-corrected chi connectivity index (χ2v) is 4.36. The van der Waals surface area contributed by atoms with Crippen LogP contribution in [0.5, 0.6) is 11.5 Å². The topological polar surface area (TPSA) is 44.5 Å².